The first-order valence-corrected chi connectivity index (χ1v) is 7.86. The number of nitrogens with zero attached hydrogens (tertiary/aromatic N) is 1. The van der Waals surface area contributed by atoms with Crippen LogP contribution in [0, 0.1) is 0 Å². The highest BCUT2D eigenvalue weighted by molar-refractivity contribution is 4.65. The van der Waals surface area contributed by atoms with Crippen molar-refractivity contribution in [2.24, 2.45) is 0 Å². The number of nitrogens with one attached hydrogen (secondary N) is 1. The number of rotatable bonds is 11. The minimum absolute atomic E-state index is 1.12. The second kappa shape index (κ2) is 11.0. The third-order valence-corrected chi connectivity index (χ3v) is 3.77. The van der Waals surface area contributed by atoms with Gasteiger partial charge in [-0.25, -0.2) is 0 Å². The third-order valence-electron chi connectivity index (χ3n) is 3.77. The monoisotopic (exact) mass is 240 g/mol. The van der Waals surface area contributed by atoms with Gasteiger partial charge in [-0.3, -0.25) is 4.90 Å². The van der Waals surface area contributed by atoms with E-state index in [1.165, 1.54) is 83.8 Å². The Labute approximate surface area is 108 Å². The molecule has 1 saturated heterocycles. The smallest absolute Gasteiger partial charge is 0.0481 e. The lowest BCUT2D eigenvalue weighted by Gasteiger charge is -2.12. The SMILES string of the molecule is CCCCCCCCCCCCN1CCNC1. The van der Waals surface area contributed by atoms with Crippen molar-refractivity contribution >= 4 is 0 Å². The van der Waals surface area contributed by atoms with Crippen molar-refractivity contribution in [2.75, 3.05) is 26.3 Å². The highest BCUT2D eigenvalue weighted by atomic mass is 15.3. The molecule has 0 aromatic carbocycles. The molecule has 1 rings (SSSR count). The number of hydrogen-bond acceptors (Lipinski definition) is 2. The Bertz CT molecular complexity index is 153. The van der Waals surface area contributed by atoms with Gasteiger partial charge in [-0.15, -0.1) is 0 Å². The van der Waals surface area contributed by atoms with E-state index in [0.29, 0.717) is 0 Å². The van der Waals surface area contributed by atoms with Crippen molar-refractivity contribution in [3.05, 3.63) is 0 Å². The molecule has 0 saturated carbocycles. The quantitative estimate of drug-likeness (QED) is 0.553. The second-order valence-corrected chi connectivity index (χ2v) is 5.46. The highest BCUT2D eigenvalue weighted by Gasteiger charge is 2.08. The van der Waals surface area contributed by atoms with E-state index < -0.39 is 0 Å². The van der Waals surface area contributed by atoms with Gasteiger partial charge in [-0.1, -0.05) is 64.7 Å². The summed E-state index contributed by atoms with van der Waals surface area (Å²) in [6, 6.07) is 0. The Balaban J connectivity index is 1.69. The largest absolute Gasteiger partial charge is 0.303 e. The van der Waals surface area contributed by atoms with E-state index >= 15 is 0 Å². The van der Waals surface area contributed by atoms with Crippen LogP contribution >= 0.6 is 0 Å². The van der Waals surface area contributed by atoms with Gasteiger partial charge in [0.15, 0.2) is 0 Å². The van der Waals surface area contributed by atoms with Crippen molar-refractivity contribution in [3.8, 4) is 0 Å². The molecule has 1 heterocycles. The van der Waals surface area contributed by atoms with Gasteiger partial charge in [-0.05, 0) is 13.0 Å². The zero-order chi connectivity index (χ0) is 12.2. The van der Waals surface area contributed by atoms with Gasteiger partial charge in [0.1, 0.15) is 0 Å². The molecule has 17 heavy (non-hydrogen) atoms. The van der Waals surface area contributed by atoms with Crippen LogP contribution < -0.4 is 5.32 Å². The fourth-order valence-corrected chi connectivity index (χ4v) is 2.57. The molecule has 102 valence electrons. The van der Waals surface area contributed by atoms with Crippen molar-refractivity contribution in [1.82, 2.24) is 10.2 Å². The van der Waals surface area contributed by atoms with Gasteiger partial charge in [0.05, 0.1) is 0 Å². The van der Waals surface area contributed by atoms with E-state index in [9.17, 15) is 0 Å². The topological polar surface area (TPSA) is 15.3 Å². The Morgan fingerprint density at radius 1 is 0.824 bits per heavy atom. The summed E-state index contributed by atoms with van der Waals surface area (Å²) in [4.78, 5) is 2.53. The van der Waals surface area contributed by atoms with Crippen LogP contribution in [0.2, 0.25) is 0 Å². The van der Waals surface area contributed by atoms with Crippen LogP contribution in [0.1, 0.15) is 71.1 Å². The molecule has 0 aromatic rings. The summed E-state index contributed by atoms with van der Waals surface area (Å²) in [6.07, 6.45) is 14.4. The molecule has 0 aliphatic carbocycles. The molecule has 0 aromatic heterocycles. The second-order valence-electron chi connectivity index (χ2n) is 5.46. The molecule has 2 heteroatoms. The molecule has 0 radical (unpaired) electrons. The summed E-state index contributed by atoms with van der Waals surface area (Å²) in [6.45, 7) is 7.17. The number of unbranched alkanes of at least 4 members (excludes halogenated alkanes) is 9. The van der Waals surface area contributed by atoms with Crippen LogP contribution in [0.15, 0.2) is 0 Å². The van der Waals surface area contributed by atoms with Gasteiger partial charge in [0, 0.05) is 19.8 Å². The first-order chi connectivity index (χ1) is 8.43. The van der Waals surface area contributed by atoms with E-state index in [1.54, 1.807) is 0 Å². The van der Waals surface area contributed by atoms with Crippen molar-refractivity contribution < 1.29 is 0 Å². The summed E-state index contributed by atoms with van der Waals surface area (Å²) < 4.78 is 0. The predicted molar refractivity (Wildman–Crippen MR) is 76.3 cm³/mol. The molecule has 0 spiro atoms. The molecule has 1 aliphatic rings. The third kappa shape index (κ3) is 8.62. The zero-order valence-electron chi connectivity index (χ0n) is 11.8. The Morgan fingerprint density at radius 2 is 1.41 bits per heavy atom. The van der Waals surface area contributed by atoms with E-state index in [4.69, 9.17) is 0 Å². The molecule has 1 fully saturated rings. The van der Waals surface area contributed by atoms with Crippen LogP contribution in [0.4, 0.5) is 0 Å². The van der Waals surface area contributed by atoms with Crippen molar-refractivity contribution in [1.29, 1.82) is 0 Å². The normalized spacial score (nSPS) is 16.8. The van der Waals surface area contributed by atoms with Crippen LogP contribution in [0.3, 0.4) is 0 Å². The summed E-state index contributed by atoms with van der Waals surface area (Å²) in [5, 5.41) is 3.38. The van der Waals surface area contributed by atoms with Crippen molar-refractivity contribution in [3.63, 3.8) is 0 Å². The molecule has 0 bridgehead atoms. The lowest BCUT2D eigenvalue weighted by Crippen LogP contribution is -2.22. The Morgan fingerprint density at radius 3 is 1.94 bits per heavy atom. The Kier molecular flexibility index (Phi) is 9.72. The van der Waals surface area contributed by atoms with Gasteiger partial charge in [0.2, 0.25) is 0 Å². The molecular weight excluding hydrogens is 208 g/mol. The molecule has 0 atom stereocenters. The van der Waals surface area contributed by atoms with E-state index in [2.05, 4.69) is 17.1 Å². The lowest BCUT2D eigenvalue weighted by molar-refractivity contribution is 0.324. The fourth-order valence-electron chi connectivity index (χ4n) is 2.57. The van der Waals surface area contributed by atoms with Gasteiger partial charge >= 0.3 is 0 Å². The average Bonchev–Trinajstić information content (AvgIpc) is 2.85. The maximum Gasteiger partial charge on any atom is 0.0481 e. The van der Waals surface area contributed by atoms with E-state index in [1.807, 2.05) is 0 Å². The molecule has 1 aliphatic heterocycles. The maximum absolute atomic E-state index is 3.38. The maximum atomic E-state index is 3.38. The molecule has 2 nitrogen and oxygen atoms in total. The predicted octanol–water partition coefficient (Wildman–Crippen LogP) is 3.77. The minimum atomic E-state index is 1.12. The standard InChI is InChI=1S/C15H32N2/c1-2-3-4-5-6-7-8-9-10-11-13-17-14-12-16-15-17/h16H,2-15H2,1H3. The van der Waals surface area contributed by atoms with Crippen LogP contribution in [-0.2, 0) is 0 Å². The van der Waals surface area contributed by atoms with Crippen LogP contribution in [-0.4, -0.2) is 31.2 Å². The average molecular weight is 240 g/mol. The molecular formula is C15H32N2. The van der Waals surface area contributed by atoms with Crippen LogP contribution in [0.25, 0.3) is 0 Å². The van der Waals surface area contributed by atoms with E-state index in [0.717, 1.165) is 6.67 Å². The molecule has 0 unspecified atom stereocenters. The summed E-state index contributed by atoms with van der Waals surface area (Å²) >= 11 is 0. The lowest BCUT2D eigenvalue weighted by atomic mass is 10.1. The van der Waals surface area contributed by atoms with Gasteiger partial charge < -0.3 is 5.32 Å². The zero-order valence-corrected chi connectivity index (χ0v) is 11.8. The van der Waals surface area contributed by atoms with Gasteiger partial charge in [0.25, 0.3) is 0 Å². The molecule has 1 N–H and O–H groups in total. The van der Waals surface area contributed by atoms with Crippen molar-refractivity contribution in [2.45, 2.75) is 71.1 Å². The minimum Gasteiger partial charge on any atom is -0.303 e. The fraction of sp³-hybridized carbons (Fsp3) is 1.00. The number of hydrogen-bond donors (Lipinski definition) is 1. The Hall–Kier alpha value is -0.0800. The van der Waals surface area contributed by atoms with E-state index in [-0.39, 0.29) is 0 Å². The first kappa shape index (κ1) is 15.0. The van der Waals surface area contributed by atoms with Gasteiger partial charge in [-0.2, -0.15) is 0 Å². The summed E-state index contributed by atoms with van der Waals surface area (Å²) in [5.41, 5.74) is 0. The molecule has 0 amide bonds. The summed E-state index contributed by atoms with van der Waals surface area (Å²) in [5.74, 6) is 0. The summed E-state index contributed by atoms with van der Waals surface area (Å²) in [7, 11) is 0. The van der Waals surface area contributed by atoms with Crippen LogP contribution in [0.5, 0.6) is 0 Å². The highest BCUT2D eigenvalue weighted by Crippen LogP contribution is 2.10. The first-order valence-electron chi connectivity index (χ1n) is 7.86.